The average molecular weight is 297 g/mol. The molecule has 2 heterocycles. The standard InChI is InChI=1S/C12H9ClN2OS2/c13-7-1-2-9-8(4-7)11-6(5-17-9)3-10(18-11)12(16)15-14/h1-4H,5,14H2,(H,15,16). The van der Waals surface area contributed by atoms with Crippen LogP contribution in [0.1, 0.15) is 15.2 Å². The predicted molar refractivity (Wildman–Crippen MR) is 76.0 cm³/mol. The number of nitrogens with one attached hydrogen (secondary N) is 1. The number of hydrazine groups is 1. The van der Waals surface area contributed by atoms with Gasteiger partial charge in [0.15, 0.2) is 0 Å². The first-order valence-corrected chi connectivity index (χ1v) is 7.43. The zero-order chi connectivity index (χ0) is 12.7. The van der Waals surface area contributed by atoms with Crippen molar-refractivity contribution < 1.29 is 4.79 Å². The Bertz CT molecular complexity index is 639. The van der Waals surface area contributed by atoms with Crippen LogP contribution in [0.15, 0.2) is 29.2 Å². The van der Waals surface area contributed by atoms with Crippen molar-refractivity contribution in [3.8, 4) is 10.4 Å². The molecule has 1 aliphatic rings. The third kappa shape index (κ3) is 1.93. The summed E-state index contributed by atoms with van der Waals surface area (Å²) in [5, 5.41) is 0.709. The number of halogens is 1. The van der Waals surface area contributed by atoms with Crippen molar-refractivity contribution in [1.82, 2.24) is 5.43 Å². The molecule has 0 spiro atoms. The van der Waals surface area contributed by atoms with Crippen LogP contribution in [0.5, 0.6) is 0 Å². The first kappa shape index (κ1) is 12.0. The van der Waals surface area contributed by atoms with Crippen molar-refractivity contribution in [3.63, 3.8) is 0 Å². The molecule has 6 heteroatoms. The van der Waals surface area contributed by atoms with Gasteiger partial charge in [0.1, 0.15) is 0 Å². The van der Waals surface area contributed by atoms with Crippen LogP contribution in [0, 0.1) is 0 Å². The van der Waals surface area contributed by atoms with E-state index in [9.17, 15) is 4.79 Å². The Morgan fingerprint density at radius 1 is 1.39 bits per heavy atom. The van der Waals surface area contributed by atoms with Gasteiger partial charge in [0.2, 0.25) is 0 Å². The molecule has 0 saturated carbocycles. The molecule has 0 fully saturated rings. The van der Waals surface area contributed by atoms with Crippen molar-refractivity contribution in [2.24, 2.45) is 5.84 Å². The largest absolute Gasteiger partial charge is 0.289 e. The van der Waals surface area contributed by atoms with Gasteiger partial charge in [0.05, 0.1) is 4.88 Å². The summed E-state index contributed by atoms with van der Waals surface area (Å²) in [6.45, 7) is 0. The fourth-order valence-corrected chi connectivity index (χ4v) is 4.37. The number of benzene rings is 1. The predicted octanol–water partition coefficient (Wildman–Crippen LogP) is 3.28. The topological polar surface area (TPSA) is 55.1 Å². The number of fused-ring (bicyclic) bond motifs is 3. The molecule has 1 amide bonds. The van der Waals surface area contributed by atoms with E-state index in [-0.39, 0.29) is 5.91 Å². The molecule has 92 valence electrons. The lowest BCUT2D eigenvalue weighted by atomic mass is 10.1. The van der Waals surface area contributed by atoms with Gasteiger partial charge in [-0.25, -0.2) is 5.84 Å². The van der Waals surface area contributed by atoms with Gasteiger partial charge in [-0.2, -0.15) is 0 Å². The van der Waals surface area contributed by atoms with Crippen molar-refractivity contribution >= 4 is 40.6 Å². The van der Waals surface area contributed by atoms with Gasteiger partial charge < -0.3 is 0 Å². The minimum absolute atomic E-state index is 0.247. The third-order valence-corrected chi connectivity index (χ3v) is 5.30. The zero-order valence-electron chi connectivity index (χ0n) is 9.20. The van der Waals surface area contributed by atoms with E-state index in [1.165, 1.54) is 21.8 Å². The Hall–Kier alpha value is -1.01. The van der Waals surface area contributed by atoms with E-state index in [1.807, 2.05) is 24.3 Å². The molecular formula is C12H9ClN2OS2. The van der Waals surface area contributed by atoms with Crippen LogP contribution in [-0.4, -0.2) is 5.91 Å². The number of nitrogen functional groups attached to an aromatic ring is 1. The molecule has 1 aliphatic heterocycles. The molecule has 0 saturated heterocycles. The molecule has 0 bridgehead atoms. The maximum atomic E-state index is 11.6. The van der Waals surface area contributed by atoms with E-state index >= 15 is 0 Å². The molecular weight excluding hydrogens is 288 g/mol. The minimum atomic E-state index is -0.247. The molecule has 3 rings (SSSR count). The van der Waals surface area contributed by atoms with Gasteiger partial charge in [-0.1, -0.05) is 11.6 Å². The maximum absolute atomic E-state index is 11.6. The number of carbonyl (C=O) groups is 1. The van der Waals surface area contributed by atoms with Gasteiger partial charge in [0, 0.05) is 26.1 Å². The highest BCUT2D eigenvalue weighted by atomic mass is 35.5. The highest BCUT2D eigenvalue weighted by molar-refractivity contribution is 7.98. The number of rotatable bonds is 1. The summed E-state index contributed by atoms with van der Waals surface area (Å²) in [5.41, 5.74) is 4.44. The fourth-order valence-electron chi connectivity index (χ4n) is 1.91. The van der Waals surface area contributed by atoms with Gasteiger partial charge in [-0.15, -0.1) is 23.1 Å². The number of thioether (sulfide) groups is 1. The summed E-state index contributed by atoms with van der Waals surface area (Å²) < 4.78 is 0. The quantitative estimate of drug-likeness (QED) is 0.482. The Labute approximate surface area is 117 Å². The van der Waals surface area contributed by atoms with Crippen LogP contribution in [0.4, 0.5) is 0 Å². The summed E-state index contributed by atoms with van der Waals surface area (Å²) >= 11 is 9.25. The van der Waals surface area contributed by atoms with E-state index in [0.29, 0.717) is 9.90 Å². The third-order valence-electron chi connectivity index (χ3n) is 2.73. The van der Waals surface area contributed by atoms with E-state index in [0.717, 1.165) is 16.2 Å². The Kier molecular flexibility index (Phi) is 3.07. The zero-order valence-corrected chi connectivity index (χ0v) is 11.6. The van der Waals surface area contributed by atoms with Crippen LogP contribution in [0.25, 0.3) is 10.4 Å². The second kappa shape index (κ2) is 4.59. The van der Waals surface area contributed by atoms with Crippen LogP contribution in [-0.2, 0) is 5.75 Å². The summed E-state index contributed by atoms with van der Waals surface area (Å²) in [5.74, 6) is 5.79. The van der Waals surface area contributed by atoms with Gasteiger partial charge >= 0.3 is 0 Å². The van der Waals surface area contributed by atoms with Crippen LogP contribution in [0.2, 0.25) is 5.02 Å². The van der Waals surface area contributed by atoms with E-state index in [4.69, 9.17) is 17.4 Å². The van der Waals surface area contributed by atoms with Crippen molar-refractivity contribution in [2.45, 2.75) is 10.6 Å². The van der Waals surface area contributed by atoms with Gasteiger partial charge in [0.25, 0.3) is 5.91 Å². The number of hydrogen-bond donors (Lipinski definition) is 2. The smallest absolute Gasteiger partial charge is 0.275 e. The second-order valence-corrected chi connectivity index (χ2v) is 6.37. The van der Waals surface area contributed by atoms with Crippen LogP contribution < -0.4 is 11.3 Å². The average Bonchev–Trinajstić information content (AvgIpc) is 2.82. The van der Waals surface area contributed by atoms with E-state index in [2.05, 4.69) is 5.43 Å². The number of thiophene rings is 1. The lowest BCUT2D eigenvalue weighted by molar-refractivity contribution is 0.0957. The molecule has 0 atom stereocenters. The summed E-state index contributed by atoms with van der Waals surface area (Å²) in [6.07, 6.45) is 0. The molecule has 0 radical (unpaired) electrons. The Balaban J connectivity index is 2.14. The van der Waals surface area contributed by atoms with Gasteiger partial charge in [-0.3, -0.25) is 10.2 Å². The molecule has 3 N–H and O–H groups in total. The molecule has 1 aromatic carbocycles. The first-order valence-electron chi connectivity index (χ1n) is 5.25. The lowest BCUT2D eigenvalue weighted by Gasteiger charge is -2.15. The summed E-state index contributed by atoms with van der Waals surface area (Å²) in [7, 11) is 0. The van der Waals surface area contributed by atoms with Crippen molar-refractivity contribution in [2.75, 3.05) is 0 Å². The Morgan fingerprint density at radius 2 is 2.22 bits per heavy atom. The van der Waals surface area contributed by atoms with E-state index in [1.54, 1.807) is 11.8 Å². The highest BCUT2D eigenvalue weighted by Crippen LogP contribution is 2.46. The SMILES string of the molecule is NNC(=O)c1cc2c(s1)-c1cc(Cl)ccc1SC2. The Morgan fingerprint density at radius 3 is 3.00 bits per heavy atom. The molecule has 1 aromatic heterocycles. The van der Waals surface area contributed by atoms with Crippen molar-refractivity contribution in [3.05, 3.63) is 39.7 Å². The number of hydrogen-bond acceptors (Lipinski definition) is 4. The maximum Gasteiger partial charge on any atom is 0.275 e. The molecule has 0 aliphatic carbocycles. The molecule has 18 heavy (non-hydrogen) atoms. The summed E-state index contributed by atoms with van der Waals surface area (Å²) in [6, 6.07) is 7.76. The number of nitrogens with two attached hydrogens (primary N) is 1. The molecule has 0 unspecified atom stereocenters. The normalized spacial score (nSPS) is 12.8. The fraction of sp³-hybridized carbons (Fsp3) is 0.0833. The van der Waals surface area contributed by atoms with Crippen LogP contribution in [0.3, 0.4) is 0 Å². The highest BCUT2D eigenvalue weighted by Gasteiger charge is 2.21. The lowest BCUT2D eigenvalue weighted by Crippen LogP contribution is -2.29. The monoisotopic (exact) mass is 296 g/mol. The van der Waals surface area contributed by atoms with E-state index < -0.39 is 0 Å². The van der Waals surface area contributed by atoms with Crippen LogP contribution >= 0.6 is 34.7 Å². The van der Waals surface area contributed by atoms with Crippen molar-refractivity contribution in [1.29, 1.82) is 0 Å². The second-order valence-electron chi connectivity index (χ2n) is 3.87. The number of amides is 1. The minimum Gasteiger partial charge on any atom is -0.289 e. The first-order chi connectivity index (χ1) is 8.69. The summed E-state index contributed by atoms with van der Waals surface area (Å²) in [4.78, 5) is 14.5. The molecule has 2 aromatic rings. The molecule has 3 nitrogen and oxygen atoms in total. The van der Waals surface area contributed by atoms with Gasteiger partial charge in [-0.05, 0) is 29.8 Å². The number of carbonyl (C=O) groups excluding carboxylic acids is 1.